The fourth-order valence-corrected chi connectivity index (χ4v) is 13.3. The van der Waals surface area contributed by atoms with Gasteiger partial charge >= 0.3 is 0 Å². The van der Waals surface area contributed by atoms with Crippen LogP contribution in [0.25, 0.3) is 0 Å². The van der Waals surface area contributed by atoms with Crippen LogP contribution in [-0.2, 0) is 18.9 Å². The van der Waals surface area contributed by atoms with Crippen molar-refractivity contribution >= 4 is 0 Å². The fraction of sp³-hybridized carbons (Fsp3) is 0.952. The van der Waals surface area contributed by atoms with Crippen molar-refractivity contribution in [2.24, 2.45) is 45.3 Å². The summed E-state index contributed by atoms with van der Waals surface area (Å²) in [5, 5.41) is 119. The summed E-state index contributed by atoms with van der Waals surface area (Å²) in [4.78, 5) is 0. The molecule has 6 fully saturated rings. The lowest BCUT2D eigenvalue weighted by Gasteiger charge is -2.72. The fourth-order valence-electron chi connectivity index (χ4n) is 13.3. The molecular formula is C42H72O15. The molecule has 0 aromatic carbocycles. The summed E-state index contributed by atoms with van der Waals surface area (Å²) in [6.07, 6.45) is -9.91. The molecular weight excluding hydrogens is 744 g/mol. The molecule has 57 heavy (non-hydrogen) atoms. The van der Waals surface area contributed by atoms with Crippen LogP contribution < -0.4 is 0 Å². The lowest BCUT2D eigenvalue weighted by Crippen LogP contribution is -2.71. The van der Waals surface area contributed by atoms with Crippen LogP contribution in [0, 0.1) is 45.3 Å². The lowest BCUT2D eigenvalue weighted by molar-refractivity contribution is -0.349. The SMILES string of the molecule is CC(C)(O)/C=C/C[C@](C)(O[C@@H]1O[C@H](CO)[C@@H](O)[C@H](O)[C@H]1O)[C@H]1CC[C@]2(C)[C@@H]1[C@H](O)C[C@@H]1[C@@]3(C)CC[C@H](O)C(C)(C)[C@@H]3[C@H](O[C@@H]3O[C@H](CO)[C@@H](O)[C@H](O)[C@H]3O)C[C@]12C. The summed E-state index contributed by atoms with van der Waals surface area (Å²) in [6, 6.07) is 0. The highest BCUT2D eigenvalue weighted by Gasteiger charge is 2.74. The highest BCUT2D eigenvalue weighted by Crippen LogP contribution is 2.76. The Bertz CT molecular complexity index is 1440. The van der Waals surface area contributed by atoms with Crippen LogP contribution in [0.4, 0.5) is 0 Å². The summed E-state index contributed by atoms with van der Waals surface area (Å²) < 4.78 is 25.3. The van der Waals surface area contributed by atoms with Crippen LogP contribution in [-0.4, -0.2) is 160 Å². The first-order chi connectivity index (χ1) is 26.3. The molecule has 0 bridgehead atoms. The van der Waals surface area contributed by atoms with Crippen LogP contribution >= 0.6 is 0 Å². The Kier molecular flexibility index (Phi) is 12.7. The zero-order chi connectivity index (χ0) is 42.4. The highest BCUT2D eigenvalue weighted by molar-refractivity contribution is 5.22. The first kappa shape index (κ1) is 45.7. The van der Waals surface area contributed by atoms with Gasteiger partial charge in [0.1, 0.15) is 48.8 Å². The van der Waals surface area contributed by atoms with Gasteiger partial charge in [-0.1, -0.05) is 46.8 Å². The third-order valence-electron chi connectivity index (χ3n) is 16.5. The Morgan fingerprint density at radius 1 is 0.719 bits per heavy atom. The Balaban J connectivity index is 1.40. The molecule has 2 heterocycles. The van der Waals surface area contributed by atoms with E-state index in [4.69, 9.17) is 18.9 Å². The Morgan fingerprint density at radius 3 is 1.84 bits per heavy atom. The molecule has 330 valence electrons. The number of aliphatic hydroxyl groups excluding tert-OH is 10. The molecule has 15 heteroatoms. The van der Waals surface area contributed by atoms with Crippen molar-refractivity contribution in [2.45, 2.75) is 191 Å². The average Bonchev–Trinajstić information content (AvgIpc) is 3.51. The summed E-state index contributed by atoms with van der Waals surface area (Å²) in [7, 11) is 0. The number of rotatable bonds is 10. The second kappa shape index (κ2) is 15.8. The molecule has 4 aliphatic carbocycles. The normalized spacial score (nSPS) is 52.5. The van der Waals surface area contributed by atoms with Crippen molar-refractivity contribution in [3.8, 4) is 0 Å². The van der Waals surface area contributed by atoms with Gasteiger partial charge in [0.15, 0.2) is 12.6 Å². The molecule has 11 N–H and O–H groups in total. The molecule has 0 unspecified atom stereocenters. The van der Waals surface area contributed by atoms with E-state index >= 15 is 0 Å². The van der Waals surface area contributed by atoms with Crippen LogP contribution in [0.3, 0.4) is 0 Å². The van der Waals surface area contributed by atoms with Crippen molar-refractivity contribution in [2.75, 3.05) is 13.2 Å². The highest BCUT2D eigenvalue weighted by atomic mass is 16.7. The summed E-state index contributed by atoms with van der Waals surface area (Å²) in [5.74, 6) is -1.05. The molecule has 6 aliphatic rings. The van der Waals surface area contributed by atoms with E-state index in [-0.39, 0.29) is 30.1 Å². The first-order valence-corrected chi connectivity index (χ1v) is 21.0. The number of ether oxygens (including phenoxy) is 4. The third kappa shape index (κ3) is 7.49. The van der Waals surface area contributed by atoms with E-state index in [0.717, 1.165) is 0 Å². The molecule has 2 aliphatic heterocycles. The van der Waals surface area contributed by atoms with E-state index in [9.17, 15) is 56.2 Å². The molecule has 0 radical (unpaired) electrons. The Hall–Kier alpha value is -0.860. The van der Waals surface area contributed by atoms with Crippen LogP contribution in [0.2, 0.25) is 0 Å². The summed E-state index contributed by atoms with van der Waals surface area (Å²) in [6.45, 7) is 14.6. The molecule has 15 nitrogen and oxygen atoms in total. The third-order valence-corrected chi connectivity index (χ3v) is 16.5. The van der Waals surface area contributed by atoms with E-state index < -0.39 is 126 Å². The van der Waals surface area contributed by atoms with Gasteiger partial charge in [0, 0.05) is 0 Å². The topological polar surface area (TPSA) is 259 Å². The largest absolute Gasteiger partial charge is 0.394 e. The lowest BCUT2D eigenvalue weighted by atomic mass is 9.34. The van der Waals surface area contributed by atoms with E-state index in [1.165, 1.54) is 0 Å². The second-order valence-corrected chi connectivity index (χ2v) is 20.7. The number of aliphatic hydroxyl groups is 11. The number of fused-ring (bicyclic) bond motifs is 5. The molecule has 0 amide bonds. The van der Waals surface area contributed by atoms with Crippen LogP contribution in [0.5, 0.6) is 0 Å². The minimum atomic E-state index is -1.65. The summed E-state index contributed by atoms with van der Waals surface area (Å²) in [5.41, 5.74) is -4.55. The number of hydrogen-bond acceptors (Lipinski definition) is 15. The van der Waals surface area contributed by atoms with Crippen molar-refractivity contribution in [1.82, 2.24) is 0 Å². The first-order valence-electron chi connectivity index (χ1n) is 21.0. The van der Waals surface area contributed by atoms with Crippen molar-refractivity contribution in [1.29, 1.82) is 0 Å². The second-order valence-electron chi connectivity index (χ2n) is 20.7. The van der Waals surface area contributed by atoms with Gasteiger partial charge in [-0.3, -0.25) is 0 Å². The maximum Gasteiger partial charge on any atom is 0.187 e. The predicted molar refractivity (Wildman–Crippen MR) is 204 cm³/mol. The average molecular weight is 817 g/mol. The predicted octanol–water partition coefficient (Wildman–Crippen LogP) is 0.0906. The summed E-state index contributed by atoms with van der Waals surface area (Å²) >= 11 is 0. The van der Waals surface area contributed by atoms with Crippen LogP contribution in [0.1, 0.15) is 100 Å². The Morgan fingerprint density at radius 2 is 1.28 bits per heavy atom. The van der Waals surface area contributed by atoms with Gasteiger partial charge in [-0.05, 0) is 111 Å². The zero-order valence-electron chi connectivity index (χ0n) is 34.9. The molecule has 0 aromatic rings. The maximum atomic E-state index is 12.6. The molecule has 2 saturated heterocycles. The smallest absolute Gasteiger partial charge is 0.187 e. The molecule has 6 rings (SSSR count). The zero-order valence-corrected chi connectivity index (χ0v) is 34.9. The van der Waals surface area contributed by atoms with Gasteiger partial charge in [0.25, 0.3) is 0 Å². The van der Waals surface area contributed by atoms with E-state index in [1.54, 1.807) is 26.0 Å². The quantitative estimate of drug-likeness (QED) is 0.103. The molecule has 21 atom stereocenters. The van der Waals surface area contributed by atoms with Crippen molar-refractivity contribution < 1.29 is 75.1 Å². The molecule has 0 aromatic heterocycles. The minimum Gasteiger partial charge on any atom is -0.394 e. The Labute approximate surface area is 336 Å². The van der Waals surface area contributed by atoms with Gasteiger partial charge in [0.05, 0.1) is 42.7 Å². The van der Waals surface area contributed by atoms with Gasteiger partial charge in [-0.2, -0.15) is 0 Å². The van der Waals surface area contributed by atoms with E-state index in [2.05, 4.69) is 20.8 Å². The molecule has 0 spiro atoms. The van der Waals surface area contributed by atoms with Gasteiger partial charge in [-0.25, -0.2) is 0 Å². The van der Waals surface area contributed by atoms with Crippen molar-refractivity contribution in [3.63, 3.8) is 0 Å². The minimum absolute atomic E-state index is 0.0425. The van der Waals surface area contributed by atoms with Crippen LogP contribution in [0.15, 0.2) is 12.2 Å². The molecule has 4 saturated carbocycles. The monoisotopic (exact) mass is 816 g/mol. The number of hydrogen-bond donors (Lipinski definition) is 11. The van der Waals surface area contributed by atoms with Gasteiger partial charge in [0.2, 0.25) is 0 Å². The standard InChI is InChI=1S/C42H72O15/c1-37(2,53)12-9-13-42(8,57-36-33(52)31(50)29(48)24(19-44)56-36)20-10-15-40(6)27(20)21(45)16-25-39(5)14-11-26(46)38(3,4)34(39)22(17-41(25,40)7)54-35-32(51)30(49)28(47)23(18-43)55-35/h9,12,20-36,43-53H,10-11,13-19H2,1-8H3/b12-9+/t20-,21+,22+,23+,24+,25+,26-,27-,28+,29+,30-,31-,32+,33+,34-,35+,36-,39+,40+,41+,42-/m0/s1. The van der Waals surface area contributed by atoms with Gasteiger partial charge in [-0.15, -0.1) is 0 Å². The van der Waals surface area contributed by atoms with Crippen molar-refractivity contribution in [3.05, 3.63) is 12.2 Å². The van der Waals surface area contributed by atoms with Gasteiger partial charge < -0.3 is 75.1 Å². The maximum absolute atomic E-state index is 12.6. The van der Waals surface area contributed by atoms with E-state index in [1.807, 2.05) is 20.8 Å². The van der Waals surface area contributed by atoms with E-state index in [0.29, 0.717) is 38.5 Å².